The van der Waals surface area contributed by atoms with Crippen LogP contribution in [0, 0.1) is 0 Å². The average molecular weight is 357 g/mol. The van der Waals surface area contributed by atoms with Gasteiger partial charge in [0.2, 0.25) is 11.8 Å². The van der Waals surface area contributed by atoms with Gasteiger partial charge in [0.25, 0.3) is 5.91 Å². The van der Waals surface area contributed by atoms with Crippen LogP contribution in [0.1, 0.15) is 48.9 Å². The summed E-state index contributed by atoms with van der Waals surface area (Å²) in [5.41, 5.74) is 0.658. The van der Waals surface area contributed by atoms with E-state index in [0.717, 1.165) is 32.1 Å². The van der Waals surface area contributed by atoms with Crippen LogP contribution in [0.15, 0.2) is 30.3 Å². The highest BCUT2D eigenvalue weighted by Gasteiger charge is 2.26. The van der Waals surface area contributed by atoms with Gasteiger partial charge in [-0.3, -0.25) is 14.4 Å². The summed E-state index contributed by atoms with van der Waals surface area (Å²) in [5, 5.41) is 3.05. The van der Waals surface area contributed by atoms with E-state index in [1.165, 1.54) is 0 Å². The van der Waals surface area contributed by atoms with Gasteiger partial charge in [-0.25, -0.2) is 0 Å². The molecule has 0 radical (unpaired) electrons. The number of hydrogen-bond donors (Lipinski definition) is 1. The van der Waals surface area contributed by atoms with Gasteiger partial charge in [0, 0.05) is 37.7 Å². The Morgan fingerprint density at radius 2 is 1.73 bits per heavy atom. The first-order valence-electron chi connectivity index (χ1n) is 9.55. The number of nitrogens with one attached hydrogen (secondary N) is 1. The summed E-state index contributed by atoms with van der Waals surface area (Å²) in [6.07, 6.45) is 5.02. The van der Waals surface area contributed by atoms with E-state index in [0.29, 0.717) is 31.6 Å². The predicted molar refractivity (Wildman–Crippen MR) is 98.6 cm³/mol. The zero-order chi connectivity index (χ0) is 18.4. The van der Waals surface area contributed by atoms with Crippen LogP contribution in [0.3, 0.4) is 0 Å². The number of nitrogens with zero attached hydrogens (tertiary/aromatic N) is 2. The Morgan fingerprint density at radius 3 is 2.46 bits per heavy atom. The smallest absolute Gasteiger partial charge is 0.251 e. The first-order chi connectivity index (χ1) is 12.6. The Morgan fingerprint density at radius 1 is 1.00 bits per heavy atom. The standard InChI is InChI=1S/C20H27N3O3/c24-18-9-5-2-6-12-23(18)15-19(25)22-13-10-17(11-14-22)21-20(26)16-7-3-1-4-8-16/h1,3-4,7-8,17H,2,5-6,9-15H2,(H,21,26). The third-order valence-electron chi connectivity index (χ3n) is 5.22. The second kappa shape index (κ2) is 8.83. The molecular weight excluding hydrogens is 330 g/mol. The van der Waals surface area contributed by atoms with Gasteiger partial charge in [-0.1, -0.05) is 24.6 Å². The summed E-state index contributed by atoms with van der Waals surface area (Å²) in [6.45, 7) is 2.13. The third-order valence-corrected chi connectivity index (χ3v) is 5.22. The molecule has 1 aromatic rings. The molecule has 0 aliphatic carbocycles. The maximum atomic E-state index is 12.5. The number of carbonyl (C=O) groups is 3. The molecule has 2 heterocycles. The molecule has 1 N–H and O–H groups in total. The molecule has 0 atom stereocenters. The minimum Gasteiger partial charge on any atom is -0.349 e. The summed E-state index contributed by atoms with van der Waals surface area (Å²) >= 11 is 0. The fraction of sp³-hybridized carbons (Fsp3) is 0.550. The van der Waals surface area contributed by atoms with Gasteiger partial charge in [0.1, 0.15) is 0 Å². The summed E-state index contributed by atoms with van der Waals surface area (Å²) in [5.74, 6) is 0.0551. The van der Waals surface area contributed by atoms with E-state index >= 15 is 0 Å². The SMILES string of the molecule is O=C(NC1CCN(C(=O)CN2CCCCCC2=O)CC1)c1ccccc1. The van der Waals surface area contributed by atoms with Crippen LogP contribution >= 0.6 is 0 Å². The number of benzene rings is 1. The molecule has 0 bridgehead atoms. The van der Waals surface area contributed by atoms with E-state index in [1.54, 1.807) is 17.0 Å². The van der Waals surface area contributed by atoms with Crippen molar-refractivity contribution in [3.8, 4) is 0 Å². The minimum atomic E-state index is -0.0643. The average Bonchev–Trinajstić information content (AvgIpc) is 2.87. The van der Waals surface area contributed by atoms with Gasteiger partial charge in [0.15, 0.2) is 0 Å². The quantitative estimate of drug-likeness (QED) is 0.893. The van der Waals surface area contributed by atoms with Gasteiger partial charge in [-0.2, -0.15) is 0 Å². The molecule has 3 amide bonds. The fourth-order valence-electron chi connectivity index (χ4n) is 3.60. The van der Waals surface area contributed by atoms with Gasteiger partial charge < -0.3 is 15.1 Å². The van der Waals surface area contributed by atoms with Crippen molar-refractivity contribution in [2.75, 3.05) is 26.2 Å². The molecule has 2 fully saturated rings. The second-order valence-corrected chi connectivity index (χ2v) is 7.12. The number of hydrogen-bond acceptors (Lipinski definition) is 3. The van der Waals surface area contributed by atoms with E-state index in [9.17, 15) is 14.4 Å². The first-order valence-corrected chi connectivity index (χ1v) is 9.55. The highest BCUT2D eigenvalue weighted by molar-refractivity contribution is 5.94. The van der Waals surface area contributed by atoms with Crippen LogP contribution < -0.4 is 5.32 Å². The van der Waals surface area contributed by atoms with Gasteiger partial charge >= 0.3 is 0 Å². The van der Waals surface area contributed by atoms with Crippen molar-refractivity contribution in [2.45, 2.75) is 44.6 Å². The molecule has 140 valence electrons. The second-order valence-electron chi connectivity index (χ2n) is 7.12. The Labute approximate surface area is 154 Å². The van der Waals surface area contributed by atoms with Crippen molar-refractivity contribution < 1.29 is 14.4 Å². The van der Waals surface area contributed by atoms with Crippen molar-refractivity contribution >= 4 is 17.7 Å². The van der Waals surface area contributed by atoms with Crippen molar-refractivity contribution in [1.82, 2.24) is 15.1 Å². The number of piperidine rings is 1. The first kappa shape index (κ1) is 18.4. The van der Waals surface area contributed by atoms with Crippen LogP contribution in [-0.4, -0.2) is 59.7 Å². The van der Waals surface area contributed by atoms with Gasteiger partial charge in [-0.15, -0.1) is 0 Å². The Hall–Kier alpha value is -2.37. The maximum absolute atomic E-state index is 12.5. The lowest BCUT2D eigenvalue weighted by molar-refractivity contribution is -0.140. The lowest BCUT2D eigenvalue weighted by Crippen LogP contribution is -2.49. The van der Waals surface area contributed by atoms with Crippen LogP contribution in [-0.2, 0) is 9.59 Å². The maximum Gasteiger partial charge on any atom is 0.251 e. The molecule has 6 nitrogen and oxygen atoms in total. The van der Waals surface area contributed by atoms with E-state index in [4.69, 9.17) is 0 Å². The molecule has 1 aromatic carbocycles. The predicted octanol–water partition coefficient (Wildman–Crippen LogP) is 1.81. The molecule has 0 saturated carbocycles. The molecule has 6 heteroatoms. The minimum absolute atomic E-state index is 0.0214. The van der Waals surface area contributed by atoms with Crippen molar-refractivity contribution in [3.05, 3.63) is 35.9 Å². The summed E-state index contributed by atoms with van der Waals surface area (Å²) in [6, 6.07) is 9.26. The number of rotatable bonds is 4. The molecule has 0 spiro atoms. The third kappa shape index (κ3) is 4.84. The van der Waals surface area contributed by atoms with Gasteiger partial charge in [0.05, 0.1) is 6.54 Å². The highest BCUT2D eigenvalue weighted by atomic mass is 16.2. The summed E-state index contributed by atoms with van der Waals surface area (Å²) < 4.78 is 0. The molecule has 0 aromatic heterocycles. The van der Waals surface area contributed by atoms with Crippen molar-refractivity contribution in [3.63, 3.8) is 0 Å². The Bertz CT molecular complexity index is 639. The highest BCUT2D eigenvalue weighted by Crippen LogP contribution is 2.14. The summed E-state index contributed by atoms with van der Waals surface area (Å²) in [4.78, 5) is 40.3. The molecule has 2 saturated heterocycles. The zero-order valence-electron chi connectivity index (χ0n) is 15.2. The number of amides is 3. The van der Waals surface area contributed by atoms with Gasteiger partial charge in [-0.05, 0) is 37.8 Å². The zero-order valence-corrected chi connectivity index (χ0v) is 15.2. The van der Waals surface area contributed by atoms with Crippen molar-refractivity contribution in [2.24, 2.45) is 0 Å². The normalized spacial score (nSPS) is 19.2. The number of carbonyl (C=O) groups excluding carboxylic acids is 3. The van der Waals surface area contributed by atoms with Crippen LogP contribution in [0.25, 0.3) is 0 Å². The van der Waals surface area contributed by atoms with Crippen molar-refractivity contribution in [1.29, 1.82) is 0 Å². The topological polar surface area (TPSA) is 69.7 Å². The van der Waals surface area contributed by atoms with Crippen LogP contribution in [0.4, 0.5) is 0 Å². The Balaban J connectivity index is 1.45. The lowest BCUT2D eigenvalue weighted by atomic mass is 10.0. The monoisotopic (exact) mass is 357 g/mol. The van der Waals surface area contributed by atoms with E-state index in [-0.39, 0.29) is 30.3 Å². The fourth-order valence-corrected chi connectivity index (χ4v) is 3.60. The Kier molecular flexibility index (Phi) is 6.26. The lowest BCUT2D eigenvalue weighted by Gasteiger charge is -2.33. The van der Waals surface area contributed by atoms with Crippen LogP contribution in [0.5, 0.6) is 0 Å². The number of likely N-dealkylation sites (tertiary alicyclic amines) is 2. The molecule has 2 aliphatic rings. The van der Waals surface area contributed by atoms with E-state index < -0.39 is 0 Å². The molecular formula is C20H27N3O3. The van der Waals surface area contributed by atoms with E-state index in [1.807, 2.05) is 23.1 Å². The molecule has 26 heavy (non-hydrogen) atoms. The molecule has 3 rings (SSSR count). The largest absolute Gasteiger partial charge is 0.349 e. The summed E-state index contributed by atoms with van der Waals surface area (Å²) in [7, 11) is 0. The molecule has 0 unspecified atom stereocenters. The van der Waals surface area contributed by atoms with E-state index in [2.05, 4.69) is 5.32 Å². The molecule has 2 aliphatic heterocycles. The van der Waals surface area contributed by atoms with Crippen LogP contribution in [0.2, 0.25) is 0 Å².